The highest BCUT2D eigenvalue weighted by atomic mass is 127. The number of benzene rings is 2. The van der Waals surface area contributed by atoms with Crippen molar-refractivity contribution in [2.75, 3.05) is 14.1 Å². The van der Waals surface area contributed by atoms with Gasteiger partial charge in [0, 0.05) is 23.2 Å². The van der Waals surface area contributed by atoms with Crippen molar-refractivity contribution in [1.82, 2.24) is 4.90 Å². The second-order valence-corrected chi connectivity index (χ2v) is 7.69. The summed E-state index contributed by atoms with van der Waals surface area (Å²) in [4.78, 5) is 18.7. The summed E-state index contributed by atoms with van der Waals surface area (Å²) >= 11 is 3.66. The summed E-state index contributed by atoms with van der Waals surface area (Å²) in [5.74, 6) is 0.713. The molecule has 0 N–H and O–H groups in total. The van der Waals surface area contributed by atoms with Gasteiger partial charge in [0.2, 0.25) is 0 Å². The predicted octanol–water partition coefficient (Wildman–Crippen LogP) is 4.40. The minimum atomic E-state index is -0.0435. The van der Waals surface area contributed by atoms with E-state index in [-0.39, 0.29) is 5.91 Å². The molecule has 1 fully saturated rings. The van der Waals surface area contributed by atoms with Crippen LogP contribution in [0.5, 0.6) is 5.75 Å². The number of carbonyl (C=O) groups excluding carboxylic acids is 1. The van der Waals surface area contributed by atoms with Crippen LogP contribution in [-0.4, -0.2) is 30.1 Å². The Balaban J connectivity index is 1.80. The van der Waals surface area contributed by atoms with Crippen molar-refractivity contribution in [1.29, 1.82) is 0 Å². The Morgan fingerprint density at radius 1 is 1.20 bits per heavy atom. The predicted molar refractivity (Wildman–Crippen MR) is 112 cm³/mol. The Hall–Kier alpha value is -1.80. The molecule has 25 heavy (non-hydrogen) atoms. The number of carbonyl (C=O) groups is 1. The van der Waals surface area contributed by atoms with E-state index in [9.17, 15) is 4.79 Å². The van der Waals surface area contributed by atoms with Crippen LogP contribution in [0.4, 0.5) is 0 Å². The van der Waals surface area contributed by atoms with Gasteiger partial charge in [0.1, 0.15) is 12.4 Å². The summed E-state index contributed by atoms with van der Waals surface area (Å²) in [5.41, 5.74) is 1.99. The minimum absolute atomic E-state index is 0.0435. The van der Waals surface area contributed by atoms with Gasteiger partial charge in [0.25, 0.3) is 5.91 Å². The second kappa shape index (κ2) is 8.05. The van der Waals surface area contributed by atoms with Crippen LogP contribution in [-0.2, 0) is 11.4 Å². The van der Waals surface area contributed by atoms with Crippen molar-refractivity contribution >= 4 is 51.5 Å². The summed E-state index contributed by atoms with van der Waals surface area (Å²) in [6.07, 6.45) is 1.87. The molecule has 3 rings (SSSR count). The number of amidine groups is 1. The van der Waals surface area contributed by atoms with E-state index in [1.807, 2.05) is 30.3 Å². The molecule has 0 aromatic heterocycles. The Morgan fingerprint density at radius 2 is 1.92 bits per heavy atom. The lowest BCUT2D eigenvalue weighted by Crippen LogP contribution is -2.23. The van der Waals surface area contributed by atoms with Crippen molar-refractivity contribution in [2.45, 2.75) is 6.61 Å². The summed E-state index contributed by atoms with van der Waals surface area (Å²) in [7, 11) is 3.42. The summed E-state index contributed by atoms with van der Waals surface area (Å²) in [5, 5.41) is 0.702. The maximum absolute atomic E-state index is 12.3. The van der Waals surface area contributed by atoms with Gasteiger partial charge in [-0.3, -0.25) is 14.7 Å². The van der Waals surface area contributed by atoms with E-state index in [1.165, 1.54) is 15.3 Å². The largest absolute Gasteiger partial charge is 0.488 e. The Labute approximate surface area is 165 Å². The van der Waals surface area contributed by atoms with E-state index < -0.39 is 0 Å². The number of para-hydroxylation sites is 1. The van der Waals surface area contributed by atoms with E-state index in [0.29, 0.717) is 16.7 Å². The number of aliphatic imine (C=N–C) groups is 1. The number of hydrogen-bond acceptors (Lipinski definition) is 4. The molecular weight excluding hydrogens is 447 g/mol. The molecule has 1 aliphatic heterocycles. The van der Waals surface area contributed by atoms with E-state index in [0.717, 1.165) is 16.9 Å². The average Bonchev–Trinajstić information content (AvgIpc) is 2.90. The van der Waals surface area contributed by atoms with Gasteiger partial charge in [0.05, 0.1) is 4.91 Å². The van der Waals surface area contributed by atoms with E-state index in [2.05, 4.69) is 51.8 Å². The number of nitrogens with zero attached hydrogens (tertiary/aromatic N) is 2. The van der Waals surface area contributed by atoms with Crippen molar-refractivity contribution in [3.63, 3.8) is 0 Å². The van der Waals surface area contributed by atoms with Crippen molar-refractivity contribution in [3.05, 3.63) is 68.1 Å². The van der Waals surface area contributed by atoms with Crippen LogP contribution in [0.2, 0.25) is 0 Å². The first kappa shape index (κ1) is 18.0. The van der Waals surface area contributed by atoms with Gasteiger partial charge in [-0.15, -0.1) is 0 Å². The molecule has 1 heterocycles. The quantitative estimate of drug-likeness (QED) is 0.498. The van der Waals surface area contributed by atoms with Gasteiger partial charge in [-0.2, -0.15) is 0 Å². The molecule has 1 aliphatic rings. The lowest BCUT2D eigenvalue weighted by atomic mass is 10.2. The van der Waals surface area contributed by atoms with Crippen molar-refractivity contribution in [2.24, 2.45) is 4.99 Å². The zero-order valence-electron chi connectivity index (χ0n) is 13.9. The molecule has 4 nitrogen and oxygen atoms in total. The Morgan fingerprint density at radius 3 is 2.60 bits per heavy atom. The maximum atomic E-state index is 12.3. The smallest absolute Gasteiger partial charge is 0.266 e. The zero-order chi connectivity index (χ0) is 17.8. The van der Waals surface area contributed by atoms with E-state index >= 15 is 0 Å². The molecule has 128 valence electrons. The molecule has 0 bridgehead atoms. The van der Waals surface area contributed by atoms with Gasteiger partial charge in [-0.05, 0) is 64.2 Å². The van der Waals surface area contributed by atoms with E-state index in [1.54, 1.807) is 19.0 Å². The van der Waals surface area contributed by atoms with Crippen LogP contribution >= 0.6 is 34.4 Å². The van der Waals surface area contributed by atoms with Crippen LogP contribution in [0.25, 0.3) is 6.08 Å². The SMILES string of the molecule is CN=C1S/C(=C\c2ccccc2OCc2ccc(I)cc2)C(=O)N1C. The first-order chi connectivity index (χ1) is 12.1. The summed E-state index contributed by atoms with van der Waals surface area (Å²) < 4.78 is 7.17. The fourth-order valence-electron chi connectivity index (χ4n) is 2.36. The molecule has 2 aromatic carbocycles. The highest BCUT2D eigenvalue weighted by Crippen LogP contribution is 2.33. The van der Waals surface area contributed by atoms with Crippen LogP contribution in [0.3, 0.4) is 0 Å². The molecule has 0 radical (unpaired) electrons. The zero-order valence-corrected chi connectivity index (χ0v) is 16.9. The summed E-state index contributed by atoms with van der Waals surface area (Å²) in [6.45, 7) is 0.486. The van der Waals surface area contributed by atoms with Crippen LogP contribution in [0.15, 0.2) is 58.4 Å². The topological polar surface area (TPSA) is 41.9 Å². The lowest BCUT2D eigenvalue weighted by molar-refractivity contribution is -0.121. The third-order valence-electron chi connectivity index (χ3n) is 3.71. The van der Waals surface area contributed by atoms with Crippen LogP contribution < -0.4 is 4.74 Å². The standard InChI is InChI=1S/C19H17IN2O2S/c1-21-19-22(2)18(23)17(25-19)11-14-5-3-4-6-16(14)24-12-13-7-9-15(20)10-8-13/h3-11H,12H2,1-2H3/b17-11-,21-19?. The highest BCUT2D eigenvalue weighted by molar-refractivity contribution is 14.1. The molecule has 6 heteroatoms. The minimum Gasteiger partial charge on any atom is -0.488 e. The number of ether oxygens (including phenoxy) is 1. The molecule has 0 aliphatic carbocycles. The van der Waals surface area contributed by atoms with Gasteiger partial charge in [0.15, 0.2) is 5.17 Å². The monoisotopic (exact) mass is 464 g/mol. The number of hydrogen-bond donors (Lipinski definition) is 0. The number of halogens is 1. The first-order valence-electron chi connectivity index (χ1n) is 7.69. The fourth-order valence-corrected chi connectivity index (χ4v) is 3.64. The first-order valence-corrected chi connectivity index (χ1v) is 9.58. The van der Waals surface area contributed by atoms with Crippen molar-refractivity contribution < 1.29 is 9.53 Å². The molecule has 1 amide bonds. The van der Waals surface area contributed by atoms with Gasteiger partial charge in [-0.1, -0.05) is 30.3 Å². The fraction of sp³-hybridized carbons (Fsp3) is 0.158. The van der Waals surface area contributed by atoms with Crippen LogP contribution in [0.1, 0.15) is 11.1 Å². The maximum Gasteiger partial charge on any atom is 0.266 e. The third kappa shape index (κ3) is 4.24. The molecule has 0 spiro atoms. The highest BCUT2D eigenvalue weighted by Gasteiger charge is 2.29. The van der Waals surface area contributed by atoms with Crippen molar-refractivity contribution in [3.8, 4) is 5.75 Å². The van der Waals surface area contributed by atoms with Crippen LogP contribution in [0, 0.1) is 3.57 Å². The number of amides is 1. The third-order valence-corrected chi connectivity index (χ3v) is 5.58. The molecule has 0 unspecified atom stereocenters. The number of likely N-dealkylation sites (N-methyl/N-ethyl adjacent to an activating group) is 1. The van der Waals surface area contributed by atoms with Gasteiger partial charge < -0.3 is 4.74 Å². The summed E-state index contributed by atoms with van der Waals surface area (Å²) in [6, 6.07) is 16.0. The second-order valence-electron chi connectivity index (χ2n) is 5.43. The lowest BCUT2D eigenvalue weighted by Gasteiger charge is -2.10. The molecule has 0 atom stereocenters. The number of thioether (sulfide) groups is 1. The molecule has 2 aromatic rings. The Bertz CT molecular complexity index is 847. The van der Waals surface area contributed by atoms with Gasteiger partial charge >= 0.3 is 0 Å². The van der Waals surface area contributed by atoms with Gasteiger partial charge in [-0.25, -0.2) is 0 Å². The average molecular weight is 464 g/mol. The number of rotatable bonds is 4. The molecule has 0 saturated carbocycles. The Kier molecular flexibility index (Phi) is 5.80. The van der Waals surface area contributed by atoms with E-state index in [4.69, 9.17) is 4.74 Å². The molecule has 1 saturated heterocycles. The molecular formula is C19H17IN2O2S. The normalized spacial score (nSPS) is 17.6.